The fourth-order valence-corrected chi connectivity index (χ4v) is 7.64. The van der Waals surface area contributed by atoms with E-state index in [0.29, 0.717) is 5.56 Å². The van der Waals surface area contributed by atoms with E-state index in [2.05, 4.69) is 111 Å². The van der Waals surface area contributed by atoms with E-state index >= 15 is 4.79 Å². The molecule has 3 nitrogen and oxygen atoms in total. The summed E-state index contributed by atoms with van der Waals surface area (Å²) in [4.78, 5) is 17.4. The fraction of sp³-hybridized carbons (Fsp3) is 0.175. The highest BCUT2D eigenvalue weighted by Gasteiger charge is 2.62. The number of carbonyl (C=O) groups excluding carboxylic acids is 1. The lowest BCUT2D eigenvalue weighted by molar-refractivity contribution is 0.0886. The number of ether oxygens (including phenoxy) is 1. The van der Waals surface area contributed by atoms with Crippen molar-refractivity contribution in [2.45, 2.75) is 24.8 Å². The molecule has 1 aliphatic heterocycles. The number of allylic oxidation sites excluding steroid dienone is 2. The van der Waals surface area contributed by atoms with E-state index in [1.165, 1.54) is 16.3 Å². The number of hydrogen-bond acceptors (Lipinski definition) is 3. The first-order chi connectivity index (χ1) is 20.9. The van der Waals surface area contributed by atoms with Crippen molar-refractivity contribution in [3.05, 3.63) is 156 Å². The van der Waals surface area contributed by atoms with Crippen LogP contribution in [0.25, 0.3) is 21.9 Å². The zero-order valence-electron chi connectivity index (χ0n) is 25.0. The normalized spacial score (nSPS) is 20.5. The van der Waals surface area contributed by atoms with E-state index in [0.717, 1.165) is 33.7 Å². The number of ketones is 1. The molecule has 0 saturated carbocycles. The van der Waals surface area contributed by atoms with Crippen molar-refractivity contribution in [3.63, 3.8) is 0 Å². The number of benzene rings is 5. The Bertz CT molecular complexity index is 1900. The zero-order chi connectivity index (χ0) is 29.8. The largest absolute Gasteiger partial charge is 0.497 e. The number of carbonyl (C=O) groups is 1. The summed E-state index contributed by atoms with van der Waals surface area (Å²) in [6.45, 7) is 4.65. The van der Waals surface area contributed by atoms with Gasteiger partial charge in [-0.2, -0.15) is 0 Å². The minimum atomic E-state index is -0.707. The Morgan fingerprint density at radius 2 is 1.40 bits per heavy atom. The van der Waals surface area contributed by atoms with Gasteiger partial charge in [0.2, 0.25) is 0 Å². The second kappa shape index (κ2) is 10.1. The molecule has 0 fully saturated rings. The number of rotatable bonds is 5. The number of nitrogens with zero attached hydrogens (tertiary/aromatic N) is 1. The van der Waals surface area contributed by atoms with Gasteiger partial charge >= 0.3 is 0 Å². The summed E-state index contributed by atoms with van der Waals surface area (Å²) in [6.07, 6.45) is 4.62. The maximum atomic E-state index is 15.0. The van der Waals surface area contributed by atoms with Crippen molar-refractivity contribution in [2.75, 3.05) is 19.1 Å². The SMILES string of the molecule is COc1ccc(C2=CC(c3ccccc3)=C[C@@]3([C@@H]2C(=O)c2ccccc2)N(C)c2ccc4ccccc4c2C3(C)C)cc1. The highest BCUT2D eigenvalue weighted by molar-refractivity contribution is 6.11. The molecule has 5 aromatic rings. The van der Waals surface area contributed by atoms with Crippen molar-refractivity contribution < 1.29 is 9.53 Å². The number of anilines is 1. The number of hydrogen-bond donors (Lipinski definition) is 0. The molecule has 0 saturated heterocycles. The standard InChI is InChI=1S/C40H35NO2/c1-39(2)36-33-18-12-11-15-28(33)21-24-35(36)41(3)40(39)26-31(27-13-7-5-8-14-27)25-34(29-19-22-32(43-4)23-20-29)37(40)38(42)30-16-9-6-10-17-30/h5-26,37H,1-4H3/t37-,40-/m0/s1. The van der Waals surface area contributed by atoms with E-state index in [1.54, 1.807) is 7.11 Å². The fourth-order valence-electron chi connectivity index (χ4n) is 7.64. The van der Waals surface area contributed by atoms with Gasteiger partial charge in [-0.05, 0) is 69.0 Å². The Kier molecular flexibility index (Phi) is 6.36. The second-order valence-electron chi connectivity index (χ2n) is 12.1. The maximum Gasteiger partial charge on any atom is 0.173 e. The molecule has 0 aromatic heterocycles. The highest BCUT2D eigenvalue weighted by Crippen LogP contribution is 2.61. The molecule has 2 atom stereocenters. The molecule has 7 rings (SSSR count). The summed E-state index contributed by atoms with van der Waals surface area (Å²) in [7, 11) is 3.85. The molecular weight excluding hydrogens is 526 g/mol. The summed E-state index contributed by atoms with van der Waals surface area (Å²) in [5.74, 6) is 0.418. The van der Waals surface area contributed by atoms with Crippen LogP contribution in [-0.4, -0.2) is 25.5 Å². The van der Waals surface area contributed by atoms with Crippen LogP contribution in [0, 0.1) is 5.92 Å². The average molecular weight is 562 g/mol. The van der Waals surface area contributed by atoms with Crippen molar-refractivity contribution in [2.24, 2.45) is 5.92 Å². The summed E-state index contributed by atoms with van der Waals surface area (Å²) in [5, 5.41) is 2.44. The van der Waals surface area contributed by atoms with Crippen molar-refractivity contribution in [1.82, 2.24) is 0 Å². The Morgan fingerprint density at radius 1 is 0.744 bits per heavy atom. The third-order valence-corrected chi connectivity index (χ3v) is 9.74. The van der Waals surface area contributed by atoms with Gasteiger partial charge in [-0.15, -0.1) is 0 Å². The molecule has 0 amide bonds. The van der Waals surface area contributed by atoms with Crippen molar-refractivity contribution in [1.29, 1.82) is 0 Å². The lowest BCUT2D eigenvalue weighted by atomic mass is 9.57. The van der Waals surface area contributed by atoms with E-state index in [-0.39, 0.29) is 5.78 Å². The molecule has 5 aromatic carbocycles. The molecule has 1 spiro atoms. The molecule has 212 valence electrons. The number of likely N-dealkylation sites (N-methyl/N-ethyl adjacent to an activating group) is 1. The van der Waals surface area contributed by atoms with E-state index in [1.807, 2.05) is 48.5 Å². The monoisotopic (exact) mass is 561 g/mol. The van der Waals surface area contributed by atoms with Gasteiger partial charge in [0.15, 0.2) is 5.78 Å². The van der Waals surface area contributed by atoms with Gasteiger partial charge in [-0.1, -0.05) is 117 Å². The molecule has 0 radical (unpaired) electrons. The predicted molar refractivity (Wildman–Crippen MR) is 178 cm³/mol. The summed E-state index contributed by atoms with van der Waals surface area (Å²) < 4.78 is 5.51. The van der Waals surface area contributed by atoms with Crippen LogP contribution >= 0.6 is 0 Å². The Morgan fingerprint density at radius 3 is 2.09 bits per heavy atom. The molecule has 43 heavy (non-hydrogen) atoms. The van der Waals surface area contributed by atoms with Crippen LogP contribution in [0.4, 0.5) is 5.69 Å². The summed E-state index contributed by atoms with van der Waals surface area (Å²) in [5.41, 5.74) is 6.27. The maximum absolute atomic E-state index is 15.0. The van der Waals surface area contributed by atoms with Crippen molar-refractivity contribution in [3.8, 4) is 5.75 Å². The summed E-state index contributed by atoms with van der Waals surface area (Å²) in [6, 6.07) is 41.5. The third kappa shape index (κ3) is 3.99. The van der Waals surface area contributed by atoms with Gasteiger partial charge in [0.25, 0.3) is 0 Å². The lowest BCUT2D eigenvalue weighted by Gasteiger charge is -2.52. The molecule has 1 aliphatic carbocycles. The third-order valence-electron chi connectivity index (χ3n) is 9.74. The Balaban J connectivity index is 1.56. The van der Waals surface area contributed by atoms with Crippen LogP contribution in [0.15, 0.2) is 133 Å². The van der Waals surface area contributed by atoms with Crippen LogP contribution in [0.1, 0.15) is 40.9 Å². The number of fused-ring (bicyclic) bond motifs is 3. The van der Waals surface area contributed by atoms with Crippen LogP contribution in [-0.2, 0) is 5.41 Å². The van der Waals surface area contributed by atoms with Crippen LogP contribution < -0.4 is 9.64 Å². The molecule has 0 unspecified atom stereocenters. The first kappa shape index (κ1) is 27.0. The van der Waals surface area contributed by atoms with Gasteiger partial charge in [-0.3, -0.25) is 4.79 Å². The topological polar surface area (TPSA) is 29.5 Å². The van der Waals surface area contributed by atoms with Gasteiger partial charge < -0.3 is 9.64 Å². The van der Waals surface area contributed by atoms with Crippen LogP contribution in [0.3, 0.4) is 0 Å². The van der Waals surface area contributed by atoms with E-state index in [4.69, 9.17) is 4.74 Å². The Labute approximate surface area is 253 Å². The first-order valence-electron chi connectivity index (χ1n) is 14.9. The Hall–Kier alpha value is -4.89. The van der Waals surface area contributed by atoms with Crippen LogP contribution in [0.5, 0.6) is 5.75 Å². The van der Waals surface area contributed by atoms with E-state index in [9.17, 15) is 0 Å². The highest BCUT2D eigenvalue weighted by atomic mass is 16.5. The predicted octanol–water partition coefficient (Wildman–Crippen LogP) is 8.99. The number of methoxy groups -OCH3 is 1. The molecule has 0 N–H and O–H groups in total. The van der Waals surface area contributed by atoms with Crippen LogP contribution in [0.2, 0.25) is 0 Å². The molecule has 2 aliphatic rings. The summed E-state index contributed by atoms with van der Waals surface area (Å²) >= 11 is 0. The molecule has 1 heterocycles. The minimum Gasteiger partial charge on any atom is -0.497 e. The van der Waals surface area contributed by atoms with Gasteiger partial charge in [0.1, 0.15) is 5.75 Å². The lowest BCUT2D eigenvalue weighted by Crippen LogP contribution is -2.61. The second-order valence-corrected chi connectivity index (χ2v) is 12.1. The molecular formula is C40H35NO2. The first-order valence-corrected chi connectivity index (χ1v) is 14.9. The smallest absolute Gasteiger partial charge is 0.173 e. The van der Waals surface area contributed by atoms with E-state index < -0.39 is 16.9 Å². The molecule has 0 bridgehead atoms. The van der Waals surface area contributed by atoms with Gasteiger partial charge in [-0.25, -0.2) is 0 Å². The van der Waals surface area contributed by atoms with Crippen molar-refractivity contribution >= 4 is 33.4 Å². The average Bonchev–Trinajstić information content (AvgIpc) is 3.23. The van der Waals surface area contributed by atoms with Gasteiger partial charge in [0, 0.05) is 23.7 Å². The quantitative estimate of drug-likeness (QED) is 0.201. The number of Topliss-reactive ketones (excluding diaryl/α,β-unsaturated/α-hetero) is 1. The molecule has 3 heteroatoms. The minimum absolute atomic E-state index is 0.114. The van der Waals surface area contributed by atoms with Gasteiger partial charge in [0.05, 0.1) is 18.6 Å². The zero-order valence-corrected chi connectivity index (χ0v) is 25.0.